The second-order valence-electron chi connectivity index (χ2n) is 8.47. The summed E-state index contributed by atoms with van der Waals surface area (Å²) in [4.78, 5) is 40.2. The molecular formula is C28H27ClN2O5. The van der Waals surface area contributed by atoms with E-state index in [1.807, 2.05) is 6.07 Å². The van der Waals surface area contributed by atoms with Crippen molar-refractivity contribution in [2.24, 2.45) is 0 Å². The van der Waals surface area contributed by atoms with E-state index in [2.05, 4.69) is 5.32 Å². The molecule has 0 radical (unpaired) electrons. The molecule has 1 aromatic heterocycles. The van der Waals surface area contributed by atoms with Gasteiger partial charge in [-0.1, -0.05) is 35.9 Å². The lowest BCUT2D eigenvalue weighted by atomic mass is 9.83. The fourth-order valence-corrected chi connectivity index (χ4v) is 4.51. The van der Waals surface area contributed by atoms with Crippen LogP contribution in [-0.4, -0.2) is 29.3 Å². The lowest BCUT2D eigenvalue weighted by molar-refractivity contribution is -0.140. The highest BCUT2D eigenvalue weighted by molar-refractivity contribution is 6.30. The van der Waals surface area contributed by atoms with Gasteiger partial charge in [0.15, 0.2) is 0 Å². The van der Waals surface area contributed by atoms with Gasteiger partial charge in [-0.25, -0.2) is 4.79 Å². The zero-order valence-electron chi connectivity index (χ0n) is 20.1. The number of nitrogens with one attached hydrogen (secondary N) is 1. The van der Waals surface area contributed by atoms with Crippen LogP contribution in [-0.2, 0) is 27.4 Å². The summed E-state index contributed by atoms with van der Waals surface area (Å²) in [6.45, 7) is 4.31. The van der Waals surface area contributed by atoms with Crippen molar-refractivity contribution in [1.82, 2.24) is 10.2 Å². The van der Waals surface area contributed by atoms with Crippen LogP contribution in [0.1, 0.15) is 53.4 Å². The number of hydrogen-bond acceptors (Lipinski definition) is 5. The minimum absolute atomic E-state index is 0.106. The molecule has 8 heteroatoms. The van der Waals surface area contributed by atoms with Gasteiger partial charge >= 0.3 is 5.97 Å². The Morgan fingerprint density at radius 1 is 1.14 bits per heavy atom. The first-order chi connectivity index (χ1) is 17.4. The highest BCUT2D eigenvalue weighted by Gasteiger charge is 2.37. The molecule has 0 aliphatic carbocycles. The van der Waals surface area contributed by atoms with Gasteiger partial charge < -0.3 is 19.4 Å². The molecule has 1 atom stereocenters. The number of esters is 1. The van der Waals surface area contributed by atoms with Crippen LogP contribution in [0.4, 0.5) is 0 Å². The van der Waals surface area contributed by atoms with Gasteiger partial charge in [0.25, 0.3) is 5.91 Å². The van der Waals surface area contributed by atoms with Gasteiger partial charge in [0.05, 0.1) is 31.5 Å². The number of allylic oxidation sites excluding steroid dienone is 1. The third kappa shape index (κ3) is 5.69. The van der Waals surface area contributed by atoms with Crippen molar-refractivity contribution in [1.29, 1.82) is 0 Å². The molecule has 36 heavy (non-hydrogen) atoms. The van der Waals surface area contributed by atoms with E-state index >= 15 is 0 Å². The molecule has 0 unspecified atom stereocenters. The van der Waals surface area contributed by atoms with Crippen LogP contribution in [0, 0.1) is 0 Å². The van der Waals surface area contributed by atoms with Gasteiger partial charge in [-0.05, 0) is 61.4 Å². The minimum Gasteiger partial charge on any atom is -0.467 e. The Hall–Kier alpha value is -3.84. The van der Waals surface area contributed by atoms with Crippen molar-refractivity contribution in [2.45, 2.75) is 39.3 Å². The summed E-state index contributed by atoms with van der Waals surface area (Å²) < 4.78 is 10.6. The Morgan fingerprint density at radius 2 is 1.92 bits per heavy atom. The molecule has 0 saturated heterocycles. The minimum atomic E-state index is -0.443. The first-order valence-corrected chi connectivity index (χ1v) is 12.1. The fourth-order valence-electron chi connectivity index (χ4n) is 4.31. The molecule has 0 saturated carbocycles. The number of ether oxygens (including phenoxy) is 1. The smallest absolute Gasteiger partial charge is 0.336 e. The summed E-state index contributed by atoms with van der Waals surface area (Å²) in [5, 5.41) is 3.34. The molecule has 2 aromatic carbocycles. The number of furan rings is 1. The largest absolute Gasteiger partial charge is 0.467 e. The maximum atomic E-state index is 13.2. The van der Waals surface area contributed by atoms with Crippen LogP contribution in [0.15, 0.2) is 82.6 Å². The first-order valence-electron chi connectivity index (χ1n) is 11.7. The Labute approximate surface area is 214 Å². The number of carbonyl (C=O) groups excluding carboxylic acids is 3. The van der Waals surface area contributed by atoms with Crippen molar-refractivity contribution in [3.63, 3.8) is 0 Å². The summed E-state index contributed by atoms with van der Waals surface area (Å²) in [6, 6.07) is 17.8. The van der Waals surface area contributed by atoms with Crippen molar-refractivity contribution in [3.8, 4) is 0 Å². The third-order valence-corrected chi connectivity index (χ3v) is 6.36. The molecule has 2 heterocycles. The maximum absolute atomic E-state index is 13.2. The van der Waals surface area contributed by atoms with Gasteiger partial charge in [-0.15, -0.1) is 0 Å². The SMILES string of the molecule is CCOC(=O)C1=C(C)N(Cc2ccc(C(=O)NCc3ccco3)cc2)C(=O)C[C@H]1c1cccc(Cl)c1. The van der Waals surface area contributed by atoms with Crippen LogP contribution in [0.2, 0.25) is 5.02 Å². The number of rotatable bonds is 8. The molecular weight excluding hydrogens is 480 g/mol. The molecule has 4 rings (SSSR count). The normalized spacial score (nSPS) is 15.7. The third-order valence-electron chi connectivity index (χ3n) is 6.13. The molecule has 3 aromatic rings. The zero-order chi connectivity index (χ0) is 25.7. The van der Waals surface area contributed by atoms with Crippen LogP contribution < -0.4 is 5.32 Å². The fraction of sp³-hybridized carbons (Fsp3) is 0.250. The number of nitrogens with zero attached hydrogens (tertiary/aromatic N) is 1. The van der Waals surface area contributed by atoms with E-state index in [0.717, 1.165) is 11.1 Å². The van der Waals surface area contributed by atoms with Gasteiger partial charge in [0, 0.05) is 28.6 Å². The quantitative estimate of drug-likeness (QED) is 0.423. The molecule has 1 aliphatic heterocycles. The van der Waals surface area contributed by atoms with Crippen LogP contribution >= 0.6 is 11.6 Å². The van der Waals surface area contributed by atoms with Gasteiger partial charge in [-0.3, -0.25) is 9.59 Å². The number of benzene rings is 2. The Kier molecular flexibility index (Phi) is 7.90. The monoisotopic (exact) mass is 506 g/mol. The topological polar surface area (TPSA) is 88.8 Å². The van der Waals surface area contributed by atoms with Crippen LogP contribution in [0.3, 0.4) is 0 Å². The average molecular weight is 507 g/mol. The van der Waals surface area contributed by atoms with E-state index in [9.17, 15) is 14.4 Å². The molecule has 186 valence electrons. The van der Waals surface area contributed by atoms with Crippen LogP contribution in [0.5, 0.6) is 0 Å². The first kappa shape index (κ1) is 25.3. The molecule has 2 amide bonds. The number of hydrogen-bond donors (Lipinski definition) is 1. The number of carbonyl (C=O) groups is 3. The van der Waals surface area contributed by atoms with Crippen molar-refractivity contribution in [3.05, 3.63) is 106 Å². The lowest BCUT2D eigenvalue weighted by Crippen LogP contribution is -2.38. The van der Waals surface area contributed by atoms with Crippen molar-refractivity contribution in [2.75, 3.05) is 6.61 Å². The molecule has 0 fully saturated rings. The van der Waals surface area contributed by atoms with Crippen LogP contribution in [0.25, 0.3) is 0 Å². The Morgan fingerprint density at radius 3 is 2.58 bits per heavy atom. The van der Waals surface area contributed by atoms with E-state index in [4.69, 9.17) is 20.8 Å². The summed E-state index contributed by atoms with van der Waals surface area (Å²) >= 11 is 6.18. The van der Waals surface area contributed by atoms with E-state index < -0.39 is 11.9 Å². The summed E-state index contributed by atoms with van der Waals surface area (Å²) in [5.74, 6) is -0.546. The summed E-state index contributed by atoms with van der Waals surface area (Å²) in [5.41, 5.74) is 3.12. The van der Waals surface area contributed by atoms with E-state index in [1.165, 1.54) is 0 Å². The molecule has 7 nitrogen and oxygen atoms in total. The predicted octanol–water partition coefficient (Wildman–Crippen LogP) is 5.22. The predicted molar refractivity (Wildman–Crippen MR) is 135 cm³/mol. The molecule has 1 N–H and O–H groups in total. The molecule has 0 spiro atoms. The highest BCUT2D eigenvalue weighted by Crippen LogP contribution is 2.38. The van der Waals surface area contributed by atoms with E-state index in [1.54, 1.807) is 79.6 Å². The van der Waals surface area contributed by atoms with E-state index in [0.29, 0.717) is 34.2 Å². The highest BCUT2D eigenvalue weighted by atomic mass is 35.5. The van der Waals surface area contributed by atoms with E-state index in [-0.39, 0.29) is 31.4 Å². The number of amides is 2. The molecule has 1 aliphatic rings. The van der Waals surface area contributed by atoms with Gasteiger partial charge in [0.2, 0.25) is 5.91 Å². The standard InChI is InChI=1S/C28H27ClN2O5/c1-3-35-28(34)26-18(2)31(25(32)15-24(26)21-6-4-7-22(29)14-21)17-19-9-11-20(12-10-19)27(33)30-16-23-8-5-13-36-23/h4-14,24H,3,15-17H2,1-2H3,(H,30,33)/t24-/m0/s1. The average Bonchev–Trinajstić information content (AvgIpc) is 3.39. The summed E-state index contributed by atoms with van der Waals surface area (Å²) in [6.07, 6.45) is 1.68. The zero-order valence-corrected chi connectivity index (χ0v) is 20.9. The lowest BCUT2D eigenvalue weighted by Gasteiger charge is -2.34. The van der Waals surface area contributed by atoms with Crippen molar-refractivity contribution >= 4 is 29.4 Å². The van der Waals surface area contributed by atoms with Crippen molar-refractivity contribution < 1.29 is 23.5 Å². The second-order valence-corrected chi connectivity index (χ2v) is 8.91. The van der Waals surface area contributed by atoms with Gasteiger partial charge in [-0.2, -0.15) is 0 Å². The van der Waals surface area contributed by atoms with Gasteiger partial charge in [0.1, 0.15) is 5.76 Å². The number of halogens is 1. The second kappa shape index (κ2) is 11.3. The Balaban J connectivity index is 1.54. The summed E-state index contributed by atoms with van der Waals surface area (Å²) in [7, 11) is 0. The maximum Gasteiger partial charge on any atom is 0.336 e. The molecule has 0 bridgehead atoms. The Bertz CT molecular complexity index is 1280.